The summed E-state index contributed by atoms with van der Waals surface area (Å²) in [6, 6.07) is 9.20. The Morgan fingerprint density at radius 2 is 2.05 bits per heavy atom. The Morgan fingerprint density at radius 1 is 1.25 bits per heavy atom. The highest BCUT2D eigenvalue weighted by molar-refractivity contribution is 5.97. The molecule has 0 saturated heterocycles. The van der Waals surface area contributed by atoms with Gasteiger partial charge in [0.15, 0.2) is 0 Å². The Morgan fingerprint density at radius 3 is 2.85 bits per heavy atom. The van der Waals surface area contributed by atoms with Gasteiger partial charge in [-0.1, -0.05) is 6.07 Å². The average molecular weight is 266 g/mol. The molecule has 1 unspecified atom stereocenters. The first-order valence-corrected chi connectivity index (χ1v) is 6.38. The lowest BCUT2D eigenvalue weighted by molar-refractivity contribution is 0.0940. The maximum Gasteiger partial charge on any atom is 0.251 e. The van der Waals surface area contributed by atoms with Crippen LogP contribution in [0.3, 0.4) is 0 Å². The van der Waals surface area contributed by atoms with Crippen molar-refractivity contribution in [2.75, 3.05) is 0 Å². The Labute approximate surface area is 116 Å². The van der Waals surface area contributed by atoms with Crippen LogP contribution in [0.15, 0.2) is 48.9 Å². The number of hydrogen-bond donors (Lipinski definition) is 2. The first-order chi connectivity index (χ1) is 9.74. The van der Waals surface area contributed by atoms with Crippen LogP contribution < -0.4 is 5.32 Å². The van der Waals surface area contributed by atoms with Crippen LogP contribution >= 0.6 is 0 Å². The molecule has 5 nitrogen and oxygen atoms in total. The van der Waals surface area contributed by atoms with E-state index in [1.54, 1.807) is 30.7 Å². The van der Waals surface area contributed by atoms with Gasteiger partial charge in [-0.2, -0.15) is 5.10 Å². The molecular formula is C15H14N4O. The summed E-state index contributed by atoms with van der Waals surface area (Å²) in [6.07, 6.45) is 5.17. The third-order valence-corrected chi connectivity index (χ3v) is 3.26. The van der Waals surface area contributed by atoms with Crippen molar-refractivity contribution < 1.29 is 4.79 Å². The summed E-state index contributed by atoms with van der Waals surface area (Å²) in [5, 5.41) is 10.8. The number of nitrogens with one attached hydrogen (secondary N) is 2. The van der Waals surface area contributed by atoms with Gasteiger partial charge >= 0.3 is 0 Å². The van der Waals surface area contributed by atoms with E-state index in [-0.39, 0.29) is 11.9 Å². The van der Waals surface area contributed by atoms with Crippen molar-refractivity contribution in [3.8, 4) is 0 Å². The van der Waals surface area contributed by atoms with Crippen LogP contribution in [-0.4, -0.2) is 21.1 Å². The highest BCUT2D eigenvalue weighted by atomic mass is 16.1. The smallest absolute Gasteiger partial charge is 0.251 e. The lowest BCUT2D eigenvalue weighted by Crippen LogP contribution is -2.26. The van der Waals surface area contributed by atoms with Gasteiger partial charge in [0.25, 0.3) is 5.91 Å². The van der Waals surface area contributed by atoms with Crippen LogP contribution in [0.4, 0.5) is 0 Å². The first kappa shape index (κ1) is 12.3. The fourth-order valence-corrected chi connectivity index (χ4v) is 2.09. The Balaban J connectivity index is 1.78. The van der Waals surface area contributed by atoms with Crippen LogP contribution in [0.2, 0.25) is 0 Å². The normalized spacial score (nSPS) is 12.2. The summed E-state index contributed by atoms with van der Waals surface area (Å²) in [6.45, 7) is 1.95. The summed E-state index contributed by atoms with van der Waals surface area (Å²) in [4.78, 5) is 16.2. The molecule has 20 heavy (non-hydrogen) atoms. The van der Waals surface area contributed by atoms with E-state index in [1.165, 1.54) is 0 Å². The third-order valence-electron chi connectivity index (χ3n) is 3.26. The van der Waals surface area contributed by atoms with Gasteiger partial charge in [0.2, 0.25) is 0 Å². The zero-order chi connectivity index (χ0) is 13.9. The zero-order valence-corrected chi connectivity index (χ0v) is 11.0. The molecule has 1 amide bonds. The van der Waals surface area contributed by atoms with Crippen molar-refractivity contribution >= 4 is 16.8 Å². The minimum Gasteiger partial charge on any atom is -0.346 e. The van der Waals surface area contributed by atoms with Crippen LogP contribution in [0.1, 0.15) is 28.9 Å². The lowest BCUT2D eigenvalue weighted by atomic mass is 10.1. The number of carbonyl (C=O) groups excluding carboxylic acids is 1. The molecule has 0 fully saturated rings. The van der Waals surface area contributed by atoms with E-state index in [2.05, 4.69) is 20.5 Å². The van der Waals surface area contributed by atoms with Crippen molar-refractivity contribution in [1.29, 1.82) is 0 Å². The molecule has 0 spiro atoms. The number of rotatable bonds is 3. The van der Waals surface area contributed by atoms with E-state index in [0.717, 1.165) is 16.5 Å². The Kier molecular flexibility index (Phi) is 3.16. The molecule has 2 aromatic heterocycles. The van der Waals surface area contributed by atoms with Gasteiger partial charge in [0.1, 0.15) is 0 Å². The minimum atomic E-state index is -0.106. The highest BCUT2D eigenvalue weighted by Crippen LogP contribution is 2.15. The van der Waals surface area contributed by atoms with Gasteiger partial charge in [-0.05, 0) is 36.8 Å². The number of hydrogen-bond acceptors (Lipinski definition) is 3. The molecule has 3 aromatic rings. The van der Waals surface area contributed by atoms with Gasteiger partial charge in [0.05, 0.1) is 17.8 Å². The van der Waals surface area contributed by atoms with Crippen molar-refractivity contribution in [2.24, 2.45) is 0 Å². The molecule has 1 atom stereocenters. The minimum absolute atomic E-state index is 0.0667. The summed E-state index contributed by atoms with van der Waals surface area (Å²) >= 11 is 0. The maximum absolute atomic E-state index is 12.2. The molecule has 0 saturated carbocycles. The molecule has 1 aromatic carbocycles. The zero-order valence-electron chi connectivity index (χ0n) is 11.0. The molecule has 100 valence electrons. The Bertz CT molecular complexity index is 736. The van der Waals surface area contributed by atoms with Crippen LogP contribution in [0.25, 0.3) is 10.9 Å². The molecule has 0 radical (unpaired) electrons. The van der Waals surface area contributed by atoms with Gasteiger partial charge in [-0.15, -0.1) is 0 Å². The molecule has 0 aliphatic heterocycles. The van der Waals surface area contributed by atoms with Gasteiger partial charge in [-0.3, -0.25) is 14.9 Å². The monoisotopic (exact) mass is 266 g/mol. The standard InChI is InChI=1S/C15H14N4O/c1-10(11-4-6-16-7-5-11)18-15(20)12-2-3-13-9-17-19-14(13)8-12/h2-10H,1H3,(H,17,19)(H,18,20). The summed E-state index contributed by atoms with van der Waals surface area (Å²) in [5.41, 5.74) is 2.49. The highest BCUT2D eigenvalue weighted by Gasteiger charge is 2.12. The second-order valence-electron chi connectivity index (χ2n) is 4.65. The fourth-order valence-electron chi connectivity index (χ4n) is 2.09. The van der Waals surface area contributed by atoms with E-state index in [9.17, 15) is 4.79 Å². The van der Waals surface area contributed by atoms with Crippen molar-refractivity contribution in [3.63, 3.8) is 0 Å². The molecule has 0 aliphatic rings. The molecule has 0 aliphatic carbocycles. The molecule has 3 rings (SSSR count). The number of pyridine rings is 1. The first-order valence-electron chi connectivity index (χ1n) is 6.38. The Hall–Kier alpha value is -2.69. The van der Waals surface area contributed by atoms with Gasteiger partial charge in [0, 0.05) is 23.3 Å². The number of benzene rings is 1. The fraction of sp³-hybridized carbons (Fsp3) is 0.133. The topological polar surface area (TPSA) is 70.7 Å². The van der Waals surface area contributed by atoms with Crippen molar-refractivity contribution in [3.05, 3.63) is 60.0 Å². The predicted molar refractivity (Wildman–Crippen MR) is 76.2 cm³/mol. The van der Waals surface area contributed by atoms with E-state index >= 15 is 0 Å². The molecular weight excluding hydrogens is 252 g/mol. The number of aromatic amines is 1. The van der Waals surface area contributed by atoms with E-state index in [1.807, 2.05) is 25.1 Å². The van der Waals surface area contributed by atoms with Gasteiger partial charge in [-0.25, -0.2) is 0 Å². The number of aromatic nitrogens is 3. The van der Waals surface area contributed by atoms with Crippen LogP contribution in [-0.2, 0) is 0 Å². The molecule has 2 heterocycles. The van der Waals surface area contributed by atoms with E-state index < -0.39 is 0 Å². The summed E-state index contributed by atoms with van der Waals surface area (Å²) in [7, 11) is 0. The van der Waals surface area contributed by atoms with E-state index in [4.69, 9.17) is 0 Å². The van der Waals surface area contributed by atoms with E-state index in [0.29, 0.717) is 5.56 Å². The third kappa shape index (κ3) is 2.38. The molecule has 2 N–H and O–H groups in total. The maximum atomic E-state index is 12.2. The van der Waals surface area contributed by atoms with Crippen LogP contribution in [0, 0.1) is 0 Å². The largest absolute Gasteiger partial charge is 0.346 e. The summed E-state index contributed by atoms with van der Waals surface area (Å²) in [5.74, 6) is -0.106. The van der Waals surface area contributed by atoms with Crippen molar-refractivity contribution in [2.45, 2.75) is 13.0 Å². The lowest BCUT2D eigenvalue weighted by Gasteiger charge is -2.14. The number of carbonyl (C=O) groups is 1. The molecule has 5 heteroatoms. The predicted octanol–water partition coefficient (Wildman–Crippen LogP) is 2.45. The quantitative estimate of drug-likeness (QED) is 0.765. The average Bonchev–Trinajstić information content (AvgIpc) is 2.95. The number of amides is 1. The second-order valence-corrected chi connectivity index (χ2v) is 4.65. The SMILES string of the molecule is CC(NC(=O)c1ccc2cn[nH]c2c1)c1ccncc1. The number of fused-ring (bicyclic) bond motifs is 1. The van der Waals surface area contributed by atoms with Crippen LogP contribution in [0.5, 0.6) is 0 Å². The van der Waals surface area contributed by atoms with Crippen molar-refractivity contribution in [1.82, 2.24) is 20.5 Å². The summed E-state index contributed by atoms with van der Waals surface area (Å²) < 4.78 is 0. The molecule has 0 bridgehead atoms. The number of nitrogens with zero attached hydrogens (tertiary/aromatic N) is 2. The van der Waals surface area contributed by atoms with Gasteiger partial charge < -0.3 is 5.32 Å². The number of H-pyrrole nitrogens is 1. The second kappa shape index (κ2) is 5.13.